The topological polar surface area (TPSA) is 58.2 Å². The van der Waals surface area contributed by atoms with Crippen LogP contribution in [0.25, 0.3) is 0 Å². The molecule has 2 aliphatic rings. The van der Waals surface area contributed by atoms with E-state index in [2.05, 4.69) is 24.5 Å². The Labute approximate surface area is 148 Å². The van der Waals surface area contributed by atoms with Gasteiger partial charge in [-0.1, -0.05) is 52.4 Å². The van der Waals surface area contributed by atoms with E-state index in [4.69, 9.17) is 0 Å². The molecule has 0 radical (unpaired) electrons. The second-order valence-corrected chi connectivity index (χ2v) is 7.28. The van der Waals surface area contributed by atoms with Crippen LogP contribution in [0.4, 0.5) is 0 Å². The van der Waals surface area contributed by atoms with E-state index in [1.807, 2.05) is 0 Å². The minimum Gasteiger partial charge on any atom is -0.356 e. The summed E-state index contributed by atoms with van der Waals surface area (Å²) < 4.78 is 0. The van der Waals surface area contributed by atoms with Gasteiger partial charge in [0.15, 0.2) is 0 Å². The Kier molecular flexibility index (Phi) is 11.6. The van der Waals surface area contributed by atoms with Crippen molar-refractivity contribution in [1.82, 2.24) is 10.6 Å². The van der Waals surface area contributed by atoms with Crippen LogP contribution >= 0.6 is 0 Å². The highest BCUT2D eigenvalue weighted by Gasteiger charge is 2.19. The SMILES string of the molecule is CCCCC1CCCCC(=O)N1.CCCCC1CCCCNC1=O. The monoisotopic (exact) mass is 338 g/mol. The fourth-order valence-electron chi connectivity index (χ4n) is 3.44. The number of unbranched alkanes of at least 4 members (excludes halogenated alkanes) is 2. The van der Waals surface area contributed by atoms with E-state index in [1.54, 1.807) is 0 Å². The maximum absolute atomic E-state index is 11.4. The Morgan fingerprint density at radius 1 is 0.917 bits per heavy atom. The van der Waals surface area contributed by atoms with Crippen LogP contribution in [-0.4, -0.2) is 24.4 Å². The number of hydrogen-bond donors (Lipinski definition) is 2. The molecule has 4 heteroatoms. The Bertz CT molecular complexity index is 358. The normalized spacial score (nSPS) is 24.8. The minimum absolute atomic E-state index is 0.258. The van der Waals surface area contributed by atoms with Gasteiger partial charge in [-0.15, -0.1) is 0 Å². The molecule has 2 N–H and O–H groups in total. The van der Waals surface area contributed by atoms with Gasteiger partial charge >= 0.3 is 0 Å². The molecule has 2 atom stereocenters. The maximum atomic E-state index is 11.4. The molecule has 4 nitrogen and oxygen atoms in total. The molecule has 140 valence electrons. The van der Waals surface area contributed by atoms with Crippen molar-refractivity contribution in [1.29, 1.82) is 0 Å². The third-order valence-corrected chi connectivity index (χ3v) is 5.03. The van der Waals surface area contributed by atoms with Crippen molar-refractivity contribution >= 4 is 11.8 Å². The summed E-state index contributed by atoms with van der Waals surface area (Å²) in [6.45, 7) is 5.26. The molecule has 2 rings (SSSR count). The first-order valence-corrected chi connectivity index (χ1v) is 10.2. The van der Waals surface area contributed by atoms with Gasteiger partial charge in [0.2, 0.25) is 11.8 Å². The van der Waals surface area contributed by atoms with Crippen LogP contribution < -0.4 is 10.6 Å². The summed E-state index contributed by atoms with van der Waals surface area (Å²) in [5.41, 5.74) is 0. The molecule has 0 aromatic carbocycles. The van der Waals surface area contributed by atoms with Crippen LogP contribution in [0.3, 0.4) is 0 Å². The lowest BCUT2D eigenvalue weighted by molar-refractivity contribution is -0.125. The Morgan fingerprint density at radius 2 is 1.62 bits per heavy atom. The number of carbonyl (C=O) groups excluding carboxylic acids is 2. The summed E-state index contributed by atoms with van der Waals surface area (Å²) in [5, 5.41) is 6.04. The van der Waals surface area contributed by atoms with Gasteiger partial charge < -0.3 is 10.6 Å². The smallest absolute Gasteiger partial charge is 0.223 e. The summed E-state index contributed by atoms with van der Waals surface area (Å²) in [5.74, 6) is 0.863. The first kappa shape index (κ1) is 21.0. The van der Waals surface area contributed by atoms with Gasteiger partial charge in [-0.05, 0) is 38.5 Å². The third kappa shape index (κ3) is 9.29. The van der Waals surface area contributed by atoms with Crippen LogP contribution in [0.1, 0.15) is 97.3 Å². The number of hydrogen-bond acceptors (Lipinski definition) is 2. The molecule has 2 unspecified atom stereocenters. The largest absolute Gasteiger partial charge is 0.356 e. The third-order valence-electron chi connectivity index (χ3n) is 5.03. The van der Waals surface area contributed by atoms with Gasteiger partial charge in [0, 0.05) is 24.9 Å². The molecule has 0 bridgehead atoms. The van der Waals surface area contributed by atoms with E-state index in [0.717, 1.165) is 38.6 Å². The molecule has 0 spiro atoms. The van der Waals surface area contributed by atoms with Crippen molar-refractivity contribution in [3.63, 3.8) is 0 Å². The average molecular weight is 339 g/mol. The van der Waals surface area contributed by atoms with Crippen molar-refractivity contribution in [2.75, 3.05) is 6.54 Å². The molecule has 2 amide bonds. The van der Waals surface area contributed by atoms with E-state index in [1.165, 1.54) is 51.4 Å². The fourth-order valence-corrected chi connectivity index (χ4v) is 3.44. The van der Waals surface area contributed by atoms with Gasteiger partial charge in [0.05, 0.1) is 0 Å². The average Bonchev–Trinajstić information content (AvgIpc) is 2.91. The first-order valence-electron chi connectivity index (χ1n) is 10.2. The highest BCUT2D eigenvalue weighted by Crippen LogP contribution is 2.18. The van der Waals surface area contributed by atoms with E-state index >= 15 is 0 Å². The van der Waals surface area contributed by atoms with Crippen LogP contribution in [-0.2, 0) is 9.59 Å². The number of nitrogens with one attached hydrogen (secondary N) is 2. The van der Waals surface area contributed by atoms with Gasteiger partial charge in [0.25, 0.3) is 0 Å². The molecular weight excluding hydrogens is 300 g/mol. The van der Waals surface area contributed by atoms with Gasteiger partial charge in [-0.3, -0.25) is 9.59 Å². The van der Waals surface area contributed by atoms with Gasteiger partial charge in [-0.25, -0.2) is 0 Å². The molecule has 0 aliphatic carbocycles. The molecule has 0 aromatic rings. The highest BCUT2D eigenvalue weighted by molar-refractivity contribution is 5.78. The zero-order chi connectivity index (χ0) is 17.6. The molecule has 0 saturated carbocycles. The van der Waals surface area contributed by atoms with Crippen molar-refractivity contribution in [2.45, 2.75) is 103 Å². The summed E-state index contributed by atoms with van der Waals surface area (Å²) in [6.07, 6.45) is 14.8. The van der Waals surface area contributed by atoms with E-state index in [9.17, 15) is 9.59 Å². The zero-order valence-electron chi connectivity index (χ0n) is 15.9. The summed E-state index contributed by atoms with van der Waals surface area (Å²) in [6, 6.07) is 0.472. The van der Waals surface area contributed by atoms with Crippen LogP contribution in [0.15, 0.2) is 0 Å². The second-order valence-electron chi connectivity index (χ2n) is 7.28. The Morgan fingerprint density at radius 3 is 2.38 bits per heavy atom. The highest BCUT2D eigenvalue weighted by atomic mass is 16.2. The molecule has 0 aromatic heterocycles. The zero-order valence-corrected chi connectivity index (χ0v) is 15.9. The van der Waals surface area contributed by atoms with Crippen molar-refractivity contribution < 1.29 is 9.59 Å². The van der Waals surface area contributed by atoms with Crippen molar-refractivity contribution in [2.24, 2.45) is 5.92 Å². The minimum atomic E-state index is 0.258. The lowest BCUT2D eigenvalue weighted by Crippen LogP contribution is -2.32. The standard InChI is InChI=1S/2C10H19NO/c1-2-3-6-9-7-4-5-8-11-10(9)12;1-2-3-6-9-7-4-5-8-10(12)11-9/h2*9H,2-8H2,1H3,(H,11,12). The second kappa shape index (κ2) is 13.3. The first-order chi connectivity index (χ1) is 11.7. The van der Waals surface area contributed by atoms with E-state index in [0.29, 0.717) is 17.9 Å². The number of rotatable bonds is 6. The lowest BCUT2D eigenvalue weighted by Gasteiger charge is -2.14. The Balaban J connectivity index is 0.000000240. The van der Waals surface area contributed by atoms with Crippen LogP contribution in [0.2, 0.25) is 0 Å². The van der Waals surface area contributed by atoms with E-state index < -0.39 is 0 Å². The number of carbonyl (C=O) groups is 2. The summed E-state index contributed by atoms with van der Waals surface area (Å²) in [7, 11) is 0. The lowest BCUT2D eigenvalue weighted by atomic mass is 9.96. The summed E-state index contributed by atoms with van der Waals surface area (Å²) in [4.78, 5) is 22.6. The van der Waals surface area contributed by atoms with Crippen LogP contribution in [0, 0.1) is 5.92 Å². The maximum Gasteiger partial charge on any atom is 0.223 e. The number of amides is 2. The Hall–Kier alpha value is -1.06. The quantitative estimate of drug-likeness (QED) is 0.757. The predicted molar refractivity (Wildman–Crippen MR) is 99.8 cm³/mol. The molecule has 2 fully saturated rings. The van der Waals surface area contributed by atoms with Crippen molar-refractivity contribution in [3.8, 4) is 0 Å². The molecule has 2 saturated heterocycles. The molecule has 2 aliphatic heterocycles. The molecular formula is C20H38N2O2. The van der Waals surface area contributed by atoms with Gasteiger partial charge in [0.1, 0.15) is 0 Å². The predicted octanol–water partition coefficient (Wildman–Crippen LogP) is 4.33. The molecule has 24 heavy (non-hydrogen) atoms. The fraction of sp³-hybridized carbons (Fsp3) is 0.900. The van der Waals surface area contributed by atoms with Crippen molar-refractivity contribution in [3.05, 3.63) is 0 Å². The van der Waals surface area contributed by atoms with E-state index in [-0.39, 0.29) is 5.91 Å². The van der Waals surface area contributed by atoms with Crippen LogP contribution in [0.5, 0.6) is 0 Å². The van der Waals surface area contributed by atoms with Gasteiger partial charge in [-0.2, -0.15) is 0 Å². The molecule has 2 heterocycles. The summed E-state index contributed by atoms with van der Waals surface area (Å²) >= 11 is 0.